The van der Waals surface area contributed by atoms with E-state index in [4.69, 9.17) is 4.42 Å². The molecule has 10 nitrogen and oxygen atoms in total. The Morgan fingerprint density at radius 3 is 2.89 bits per heavy atom. The first-order chi connectivity index (χ1) is 16.8. The zero-order valence-corrected chi connectivity index (χ0v) is 18.2. The lowest BCUT2D eigenvalue weighted by Crippen LogP contribution is -2.40. The van der Waals surface area contributed by atoms with Crippen LogP contribution in [0.25, 0.3) is 17.0 Å². The van der Waals surface area contributed by atoms with Gasteiger partial charge in [-0.3, -0.25) is 9.48 Å². The van der Waals surface area contributed by atoms with Crippen LogP contribution in [0.1, 0.15) is 39.2 Å². The number of aromatic amines is 1. The standard InChI is InChI=1S/C22H17F3N8O2/c1-31-10-12(8-29-31)20-26-9-17(35-20)21(34)32-6-4-14-18(28-11-27-14)19(32)15-7-16-13(22(23,24)25)3-2-5-33(16)30-15/h2-3,5,7-11,19H,4,6H2,1H3,(H,27,28)/t19-/m0/s1. The fraction of sp³-hybridized carbons (Fsp3) is 0.227. The van der Waals surface area contributed by atoms with Crippen LogP contribution in [-0.4, -0.2) is 51.7 Å². The van der Waals surface area contributed by atoms with E-state index in [9.17, 15) is 18.0 Å². The van der Waals surface area contributed by atoms with E-state index in [-0.39, 0.29) is 29.4 Å². The molecular weight excluding hydrogens is 465 g/mol. The SMILES string of the molecule is Cn1cc(-c2ncc(C(=O)N3CCc4[nH]cnc4[C@@H]3c3cc4c(C(F)(F)F)cccn4n3)o2)cn1. The molecule has 1 atom stereocenters. The third-order valence-electron chi connectivity index (χ3n) is 5.96. The van der Waals surface area contributed by atoms with Gasteiger partial charge in [0.25, 0.3) is 5.91 Å². The molecule has 0 aromatic carbocycles. The number of oxazole rings is 1. The molecule has 5 aromatic rings. The fourth-order valence-corrected chi connectivity index (χ4v) is 4.38. The predicted octanol–water partition coefficient (Wildman–Crippen LogP) is 3.25. The molecule has 35 heavy (non-hydrogen) atoms. The summed E-state index contributed by atoms with van der Waals surface area (Å²) < 4.78 is 49.2. The van der Waals surface area contributed by atoms with Gasteiger partial charge in [-0.2, -0.15) is 23.4 Å². The molecule has 5 aromatic heterocycles. The van der Waals surface area contributed by atoms with Gasteiger partial charge in [0.15, 0.2) is 0 Å². The van der Waals surface area contributed by atoms with Crippen molar-refractivity contribution in [2.24, 2.45) is 7.05 Å². The van der Waals surface area contributed by atoms with E-state index in [1.807, 2.05) is 0 Å². The van der Waals surface area contributed by atoms with Gasteiger partial charge in [-0.25, -0.2) is 14.5 Å². The summed E-state index contributed by atoms with van der Waals surface area (Å²) in [5.41, 5.74) is 1.26. The minimum absolute atomic E-state index is 0.00687. The lowest BCUT2D eigenvalue weighted by atomic mass is 9.99. The van der Waals surface area contributed by atoms with Crippen molar-refractivity contribution in [3.8, 4) is 11.5 Å². The molecular formula is C22H17F3N8O2. The first-order valence-electron chi connectivity index (χ1n) is 10.6. The number of carbonyl (C=O) groups is 1. The number of H-pyrrole nitrogens is 1. The van der Waals surface area contributed by atoms with Crippen molar-refractivity contribution < 1.29 is 22.4 Å². The van der Waals surface area contributed by atoms with Crippen LogP contribution >= 0.6 is 0 Å². The molecule has 0 saturated heterocycles. The second kappa shape index (κ2) is 7.55. The highest BCUT2D eigenvalue weighted by Gasteiger charge is 2.39. The van der Waals surface area contributed by atoms with Gasteiger partial charge < -0.3 is 14.3 Å². The highest BCUT2D eigenvalue weighted by Crippen LogP contribution is 2.37. The number of rotatable bonds is 3. The van der Waals surface area contributed by atoms with Gasteiger partial charge in [0, 0.05) is 38.1 Å². The van der Waals surface area contributed by atoms with E-state index in [1.54, 1.807) is 24.1 Å². The Morgan fingerprint density at radius 1 is 1.26 bits per heavy atom. The number of hydrogen-bond donors (Lipinski definition) is 1. The van der Waals surface area contributed by atoms with Crippen LogP contribution in [0.4, 0.5) is 13.2 Å². The van der Waals surface area contributed by atoms with Crippen molar-refractivity contribution in [1.82, 2.24) is 39.2 Å². The summed E-state index contributed by atoms with van der Waals surface area (Å²) in [7, 11) is 1.75. The number of pyridine rings is 1. The molecule has 1 aliphatic heterocycles. The van der Waals surface area contributed by atoms with Gasteiger partial charge in [0.2, 0.25) is 11.7 Å². The quantitative estimate of drug-likeness (QED) is 0.423. The maximum atomic E-state index is 13.6. The lowest BCUT2D eigenvalue weighted by molar-refractivity contribution is -0.136. The number of aryl methyl sites for hydroxylation is 1. The number of nitrogens with one attached hydrogen (secondary N) is 1. The van der Waals surface area contributed by atoms with Gasteiger partial charge in [0.05, 0.1) is 46.8 Å². The fourth-order valence-electron chi connectivity index (χ4n) is 4.38. The Labute approximate surface area is 195 Å². The average Bonchev–Trinajstić information content (AvgIpc) is 3.62. The first-order valence-corrected chi connectivity index (χ1v) is 10.6. The van der Waals surface area contributed by atoms with Crippen molar-refractivity contribution in [2.45, 2.75) is 18.6 Å². The molecule has 1 N–H and O–H groups in total. The molecule has 0 bridgehead atoms. The monoisotopic (exact) mass is 482 g/mol. The first kappa shape index (κ1) is 21.1. The highest BCUT2D eigenvalue weighted by molar-refractivity contribution is 5.92. The summed E-state index contributed by atoms with van der Waals surface area (Å²) >= 11 is 0. The van der Waals surface area contributed by atoms with Crippen LogP contribution in [0.5, 0.6) is 0 Å². The van der Waals surface area contributed by atoms with E-state index in [0.29, 0.717) is 17.7 Å². The van der Waals surface area contributed by atoms with Crippen molar-refractivity contribution in [1.29, 1.82) is 0 Å². The minimum atomic E-state index is -4.55. The summed E-state index contributed by atoms with van der Waals surface area (Å²) in [6, 6.07) is 2.81. The zero-order valence-electron chi connectivity index (χ0n) is 18.2. The number of imidazole rings is 1. The second-order valence-corrected chi connectivity index (χ2v) is 8.17. The number of halogens is 3. The van der Waals surface area contributed by atoms with E-state index in [0.717, 1.165) is 16.3 Å². The Hall–Kier alpha value is -4.42. The Kier molecular flexibility index (Phi) is 4.56. The van der Waals surface area contributed by atoms with Crippen molar-refractivity contribution in [3.63, 3.8) is 0 Å². The average molecular weight is 482 g/mol. The number of carbonyl (C=O) groups excluding carboxylic acids is 1. The molecule has 1 aliphatic rings. The highest BCUT2D eigenvalue weighted by atomic mass is 19.4. The molecule has 0 fully saturated rings. The molecule has 0 saturated carbocycles. The normalized spacial score (nSPS) is 16.1. The molecule has 6 rings (SSSR count). The van der Waals surface area contributed by atoms with E-state index < -0.39 is 23.7 Å². The van der Waals surface area contributed by atoms with E-state index >= 15 is 0 Å². The molecule has 178 valence electrons. The molecule has 0 aliphatic carbocycles. The third kappa shape index (κ3) is 3.47. The maximum Gasteiger partial charge on any atom is 0.418 e. The van der Waals surface area contributed by atoms with Crippen LogP contribution < -0.4 is 0 Å². The largest absolute Gasteiger partial charge is 0.431 e. The number of amides is 1. The van der Waals surface area contributed by atoms with Gasteiger partial charge in [0.1, 0.15) is 6.04 Å². The van der Waals surface area contributed by atoms with Gasteiger partial charge >= 0.3 is 6.18 Å². The number of hydrogen-bond acceptors (Lipinski definition) is 6. The Bertz CT molecular complexity index is 1560. The van der Waals surface area contributed by atoms with Gasteiger partial charge in [-0.1, -0.05) is 0 Å². The molecule has 0 unspecified atom stereocenters. The number of aromatic nitrogens is 7. The summed E-state index contributed by atoms with van der Waals surface area (Å²) in [4.78, 5) is 26.6. The number of fused-ring (bicyclic) bond motifs is 2. The van der Waals surface area contributed by atoms with Crippen LogP contribution in [-0.2, 0) is 19.6 Å². The summed E-state index contributed by atoms with van der Waals surface area (Å²) in [5, 5.41) is 8.45. The van der Waals surface area contributed by atoms with Crippen molar-refractivity contribution >= 4 is 11.4 Å². The van der Waals surface area contributed by atoms with Crippen molar-refractivity contribution in [2.75, 3.05) is 6.54 Å². The minimum Gasteiger partial charge on any atom is -0.431 e. The lowest BCUT2D eigenvalue weighted by Gasteiger charge is -2.33. The molecule has 0 radical (unpaired) electrons. The van der Waals surface area contributed by atoms with Crippen molar-refractivity contribution in [3.05, 3.63) is 77.7 Å². The van der Waals surface area contributed by atoms with E-state index in [2.05, 4.69) is 25.1 Å². The molecule has 0 spiro atoms. The molecule has 6 heterocycles. The van der Waals surface area contributed by atoms with Crippen LogP contribution in [0.2, 0.25) is 0 Å². The maximum absolute atomic E-state index is 13.6. The van der Waals surface area contributed by atoms with E-state index in [1.165, 1.54) is 35.8 Å². The second-order valence-electron chi connectivity index (χ2n) is 8.17. The molecule has 13 heteroatoms. The smallest absolute Gasteiger partial charge is 0.418 e. The topological polar surface area (TPSA) is 110 Å². The van der Waals surface area contributed by atoms with Gasteiger partial charge in [-0.15, -0.1) is 0 Å². The summed E-state index contributed by atoms with van der Waals surface area (Å²) in [6.07, 6.45) is 3.46. The van der Waals surface area contributed by atoms with Gasteiger partial charge in [-0.05, 0) is 18.2 Å². The summed E-state index contributed by atoms with van der Waals surface area (Å²) in [6.45, 7) is 0.279. The molecule has 1 amide bonds. The van der Waals surface area contributed by atoms with Crippen LogP contribution in [0, 0.1) is 0 Å². The summed E-state index contributed by atoms with van der Waals surface area (Å²) in [5.74, 6) is -0.245. The number of nitrogens with zero attached hydrogens (tertiary/aromatic N) is 7. The van der Waals surface area contributed by atoms with Crippen LogP contribution in [0.3, 0.4) is 0 Å². The van der Waals surface area contributed by atoms with Crippen LogP contribution in [0.15, 0.2) is 53.7 Å². The zero-order chi connectivity index (χ0) is 24.3. The Balaban J connectivity index is 1.42. The predicted molar refractivity (Wildman–Crippen MR) is 114 cm³/mol. The Morgan fingerprint density at radius 2 is 2.11 bits per heavy atom. The third-order valence-corrected chi connectivity index (χ3v) is 5.96. The number of alkyl halides is 3.